The van der Waals surface area contributed by atoms with E-state index < -0.39 is 53.7 Å². The second-order valence-corrected chi connectivity index (χ2v) is 5.30. The van der Waals surface area contributed by atoms with Crippen LogP contribution in [0.3, 0.4) is 0 Å². The predicted octanol–water partition coefficient (Wildman–Crippen LogP) is 1.72. The van der Waals surface area contributed by atoms with Gasteiger partial charge in [-0.15, -0.1) is 0 Å². The van der Waals surface area contributed by atoms with Crippen LogP contribution in [0.25, 0.3) is 0 Å². The molecule has 24 heavy (non-hydrogen) atoms. The summed E-state index contributed by atoms with van der Waals surface area (Å²) in [6.45, 7) is -0.388. The van der Waals surface area contributed by atoms with Crippen molar-refractivity contribution in [2.75, 3.05) is 11.4 Å². The van der Waals surface area contributed by atoms with Gasteiger partial charge in [0.1, 0.15) is 17.0 Å². The molecule has 0 bridgehead atoms. The molecule has 1 aromatic rings. The molecule has 6 nitrogen and oxygen atoms in total. The Balaban J connectivity index is 2.35. The topological polar surface area (TPSA) is 78.4 Å². The molecule has 0 spiro atoms. The second-order valence-electron chi connectivity index (χ2n) is 4.91. The molecule has 2 N–H and O–H groups in total. The molecule has 0 radical (unpaired) electrons. The second kappa shape index (κ2) is 6.24. The summed E-state index contributed by atoms with van der Waals surface area (Å²) in [7, 11) is 0. The van der Waals surface area contributed by atoms with Gasteiger partial charge >= 0.3 is 12.5 Å². The zero-order valence-corrected chi connectivity index (χ0v) is 12.2. The van der Waals surface area contributed by atoms with Crippen molar-refractivity contribution in [1.29, 1.82) is 0 Å². The number of aromatic nitrogens is 2. The molecule has 0 aliphatic carbocycles. The van der Waals surface area contributed by atoms with Crippen LogP contribution in [0.15, 0.2) is 6.07 Å². The third-order valence-electron chi connectivity index (χ3n) is 3.08. The number of alkyl halides is 6. The predicted molar refractivity (Wildman–Crippen MR) is 68.0 cm³/mol. The van der Waals surface area contributed by atoms with Crippen molar-refractivity contribution in [3.05, 3.63) is 17.0 Å². The van der Waals surface area contributed by atoms with E-state index in [1.54, 1.807) is 0 Å². The van der Waals surface area contributed by atoms with Gasteiger partial charge in [0.05, 0.1) is 6.10 Å². The fraction of sp³-hybridized carbons (Fsp3) is 0.545. The van der Waals surface area contributed by atoms with E-state index in [4.69, 9.17) is 11.6 Å². The average molecular weight is 379 g/mol. The van der Waals surface area contributed by atoms with Crippen molar-refractivity contribution in [3.63, 3.8) is 0 Å². The van der Waals surface area contributed by atoms with Gasteiger partial charge in [0, 0.05) is 19.0 Å². The van der Waals surface area contributed by atoms with Crippen LogP contribution in [0.2, 0.25) is 5.15 Å². The van der Waals surface area contributed by atoms with Gasteiger partial charge < -0.3 is 10.0 Å². The molecule has 2 heterocycles. The van der Waals surface area contributed by atoms with Crippen molar-refractivity contribution in [1.82, 2.24) is 15.3 Å². The van der Waals surface area contributed by atoms with Crippen molar-refractivity contribution < 1.29 is 36.2 Å². The van der Waals surface area contributed by atoms with E-state index in [0.29, 0.717) is 0 Å². The molecule has 1 aliphatic heterocycles. The maximum atomic E-state index is 12.7. The zero-order chi connectivity index (χ0) is 18.3. The number of hydrogen-bond acceptors (Lipinski definition) is 5. The Hall–Kier alpha value is -1.82. The summed E-state index contributed by atoms with van der Waals surface area (Å²) in [5.74, 6) is -3.65. The molecule has 1 aliphatic rings. The van der Waals surface area contributed by atoms with E-state index in [-0.39, 0.29) is 6.54 Å². The minimum atomic E-state index is -5.02. The van der Waals surface area contributed by atoms with Gasteiger partial charge in [-0.25, -0.2) is 9.97 Å². The lowest BCUT2D eigenvalue weighted by atomic mass is 10.2. The van der Waals surface area contributed by atoms with Crippen LogP contribution >= 0.6 is 11.6 Å². The smallest absolute Gasteiger partial charge is 0.391 e. The Morgan fingerprint density at radius 2 is 1.92 bits per heavy atom. The van der Waals surface area contributed by atoms with Gasteiger partial charge in [-0.2, -0.15) is 26.3 Å². The summed E-state index contributed by atoms with van der Waals surface area (Å²) in [6, 6.07) is -0.698. The standard InChI is InChI=1S/C11H9ClF6N4O2/c12-6-2-7(20-9(19-6)10(13,14)15)22-3-4(23)1-5(22)8(24)21-11(16,17)18/h2,4-5,23H,1,3H2,(H,21,24)/t4-,5-/m0/s1. The van der Waals surface area contributed by atoms with Crippen molar-refractivity contribution in [3.8, 4) is 0 Å². The quantitative estimate of drug-likeness (QED) is 0.465. The van der Waals surface area contributed by atoms with E-state index in [1.807, 2.05) is 0 Å². The van der Waals surface area contributed by atoms with Crippen LogP contribution in [0.1, 0.15) is 12.2 Å². The number of rotatable bonds is 2. The molecule has 1 amide bonds. The van der Waals surface area contributed by atoms with Gasteiger partial charge in [-0.05, 0) is 0 Å². The molecule has 0 aromatic carbocycles. The van der Waals surface area contributed by atoms with Crippen LogP contribution in [-0.4, -0.2) is 46.0 Å². The van der Waals surface area contributed by atoms with Crippen molar-refractivity contribution >= 4 is 23.3 Å². The summed E-state index contributed by atoms with van der Waals surface area (Å²) in [5.41, 5.74) is 0. The normalized spacial score (nSPS) is 21.9. The van der Waals surface area contributed by atoms with Crippen LogP contribution < -0.4 is 10.2 Å². The highest BCUT2D eigenvalue weighted by atomic mass is 35.5. The van der Waals surface area contributed by atoms with Gasteiger partial charge in [0.25, 0.3) is 0 Å². The first-order valence-electron chi connectivity index (χ1n) is 6.32. The first-order chi connectivity index (χ1) is 10.9. The van der Waals surface area contributed by atoms with Gasteiger partial charge in [0.15, 0.2) is 0 Å². The van der Waals surface area contributed by atoms with E-state index in [2.05, 4.69) is 9.97 Å². The lowest BCUT2D eigenvalue weighted by molar-refractivity contribution is -0.170. The molecular formula is C11H9ClF6N4O2. The van der Waals surface area contributed by atoms with Crippen LogP contribution in [0, 0.1) is 0 Å². The molecule has 2 atom stereocenters. The number of nitrogens with zero attached hydrogens (tertiary/aromatic N) is 3. The van der Waals surface area contributed by atoms with E-state index in [9.17, 15) is 36.2 Å². The Kier molecular flexibility index (Phi) is 4.81. The number of carbonyl (C=O) groups is 1. The van der Waals surface area contributed by atoms with E-state index >= 15 is 0 Å². The Morgan fingerprint density at radius 1 is 1.29 bits per heavy atom. The third kappa shape index (κ3) is 4.38. The molecule has 0 unspecified atom stereocenters. The molecule has 2 rings (SSSR count). The number of anilines is 1. The highest BCUT2D eigenvalue weighted by molar-refractivity contribution is 6.29. The SMILES string of the molecule is O=C(NC(F)(F)F)[C@@H]1C[C@H](O)CN1c1cc(Cl)nc(C(F)(F)F)n1. The zero-order valence-electron chi connectivity index (χ0n) is 11.5. The first kappa shape index (κ1) is 18.5. The lowest BCUT2D eigenvalue weighted by Crippen LogP contribution is -2.48. The van der Waals surface area contributed by atoms with Crippen molar-refractivity contribution in [2.45, 2.75) is 31.0 Å². The summed E-state index contributed by atoms with van der Waals surface area (Å²) in [4.78, 5) is 18.7. The van der Waals surface area contributed by atoms with Crippen LogP contribution in [0.4, 0.5) is 32.2 Å². The maximum Gasteiger partial charge on any atom is 0.484 e. The summed E-state index contributed by atoms with van der Waals surface area (Å²) in [5, 5.41) is 9.72. The lowest BCUT2D eigenvalue weighted by Gasteiger charge is -2.25. The summed E-state index contributed by atoms with van der Waals surface area (Å²) in [6.07, 6.45) is -11.6. The molecule has 0 saturated carbocycles. The Bertz CT molecular complexity index is 638. The third-order valence-corrected chi connectivity index (χ3v) is 3.27. The molecule has 1 aromatic heterocycles. The fourth-order valence-corrected chi connectivity index (χ4v) is 2.40. The molecule has 1 fully saturated rings. The fourth-order valence-electron chi connectivity index (χ4n) is 2.22. The monoisotopic (exact) mass is 378 g/mol. The van der Waals surface area contributed by atoms with Crippen LogP contribution in [-0.2, 0) is 11.0 Å². The highest BCUT2D eigenvalue weighted by Crippen LogP contribution is 2.32. The average Bonchev–Trinajstić information content (AvgIpc) is 2.77. The molecule has 13 heteroatoms. The number of aliphatic hydroxyl groups excluding tert-OH is 1. The summed E-state index contributed by atoms with van der Waals surface area (Å²) >= 11 is 5.48. The number of carbonyl (C=O) groups excluding carboxylic acids is 1. The van der Waals surface area contributed by atoms with E-state index in [0.717, 1.165) is 16.3 Å². The van der Waals surface area contributed by atoms with Gasteiger partial charge in [-0.1, -0.05) is 11.6 Å². The maximum absolute atomic E-state index is 12.7. The number of nitrogens with one attached hydrogen (secondary N) is 1. The van der Waals surface area contributed by atoms with Crippen LogP contribution in [0.5, 0.6) is 0 Å². The number of amides is 1. The molecular weight excluding hydrogens is 370 g/mol. The van der Waals surface area contributed by atoms with Gasteiger partial charge in [0.2, 0.25) is 11.7 Å². The molecule has 1 saturated heterocycles. The Morgan fingerprint density at radius 3 is 2.46 bits per heavy atom. The Labute approximate surface area is 135 Å². The minimum absolute atomic E-state index is 0.388. The highest BCUT2D eigenvalue weighted by Gasteiger charge is 2.42. The van der Waals surface area contributed by atoms with Gasteiger partial charge in [-0.3, -0.25) is 10.1 Å². The number of hydrogen-bond donors (Lipinski definition) is 2. The summed E-state index contributed by atoms with van der Waals surface area (Å²) < 4.78 is 74.9. The number of halogens is 7. The largest absolute Gasteiger partial charge is 0.484 e. The number of aliphatic hydroxyl groups is 1. The first-order valence-corrected chi connectivity index (χ1v) is 6.70. The molecule has 134 valence electrons. The van der Waals surface area contributed by atoms with E-state index in [1.165, 1.54) is 0 Å². The minimum Gasteiger partial charge on any atom is -0.391 e. The number of β-amino-alcohol motifs (C(OH)–C–C–N with tert-alkyl or cyclic N) is 1. The van der Waals surface area contributed by atoms with Crippen molar-refractivity contribution in [2.24, 2.45) is 0 Å².